The lowest BCUT2D eigenvalue weighted by Gasteiger charge is -2.06. The van der Waals surface area contributed by atoms with Crippen LogP contribution in [0.25, 0.3) is 0 Å². The zero-order valence-corrected chi connectivity index (χ0v) is 11.2. The van der Waals surface area contributed by atoms with Gasteiger partial charge in [0.1, 0.15) is 5.69 Å². The first-order valence-corrected chi connectivity index (χ1v) is 6.83. The number of nitro benzene ring substituents is 1. The van der Waals surface area contributed by atoms with Crippen LogP contribution in [0, 0.1) is 10.1 Å². The summed E-state index contributed by atoms with van der Waals surface area (Å²) >= 11 is 0. The summed E-state index contributed by atoms with van der Waals surface area (Å²) in [5.41, 5.74) is 5.12. The van der Waals surface area contributed by atoms with Crippen LogP contribution in [0.15, 0.2) is 35.5 Å². The Bertz CT molecular complexity index is 768. The predicted octanol–water partition coefficient (Wildman–Crippen LogP) is 0.711. The zero-order valence-electron chi connectivity index (χ0n) is 10.3. The van der Waals surface area contributed by atoms with Crippen LogP contribution in [0.2, 0.25) is 0 Å². The Kier molecular flexibility index (Phi) is 3.32. The maximum Gasteiger partial charge on any atom is 0.293 e. The number of hydrogen-bond acceptors (Lipinski definition) is 6. The van der Waals surface area contributed by atoms with E-state index < -0.39 is 20.6 Å². The van der Waals surface area contributed by atoms with Gasteiger partial charge in [0.05, 0.1) is 21.7 Å². The highest BCUT2D eigenvalue weighted by molar-refractivity contribution is 7.92. The van der Waals surface area contributed by atoms with Crippen LogP contribution in [-0.2, 0) is 17.1 Å². The normalized spacial score (nSPS) is 11.2. The van der Waals surface area contributed by atoms with E-state index in [0.29, 0.717) is 0 Å². The lowest BCUT2D eigenvalue weighted by atomic mass is 10.3. The highest BCUT2D eigenvalue weighted by atomic mass is 32.2. The molecule has 0 saturated carbocycles. The number of nitrogens with zero attached hydrogens (tertiary/aromatic N) is 3. The molecule has 0 aliphatic rings. The molecule has 3 N–H and O–H groups in total. The van der Waals surface area contributed by atoms with Crippen molar-refractivity contribution < 1.29 is 13.3 Å². The Hall–Kier alpha value is -2.62. The number of nitrogen functional groups attached to an aromatic ring is 1. The first-order chi connectivity index (χ1) is 9.29. The van der Waals surface area contributed by atoms with Gasteiger partial charge in [0.2, 0.25) is 0 Å². The summed E-state index contributed by atoms with van der Waals surface area (Å²) < 4.78 is 27.9. The van der Waals surface area contributed by atoms with E-state index in [2.05, 4.69) is 9.82 Å². The van der Waals surface area contributed by atoms with Crippen LogP contribution in [0.3, 0.4) is 0 Å². The van der Waals surface area contributed by atoms with Gasteiger partial charge in [-0.1, -0.05) is 0 Å². The molecule has 2 aromatic rings. The average Bonchev–Trinajstić information content (AvgIpc) is 2.73. The first-order valence-electron chi connectivity index (χ1n) is 5.35. The van der Waals surface area contributed by atoms with Gasteiger partial charge in [0.25, 0.3) is 15.7 Å². The molecule has 0 amide bonds. The van der Waals surface area contributed by atoms with Gasteiger partial charge in [0, 0.05) is 19.3 Å². The van der Waals surface area contributed by atoms with Crippen molar-refractivity contribution in [3.8, 4) is 0 Å². The summed E-state index contributed by atoms with van der Waals surface area (Å²) in [4.78, 5) is 9.77. The molecule has 106 valence electrons. The minimum Gasteiger partial charge on any atom is -0.393 e. The van der Waals surface area contributed by atoms with Gasteiger partial charge in [0.15, 0.2) is 0 Å². The number of hydrogen-bond donors (Lipinski definition) is 2. The van der Waals surface area contributed by atoms with Gasteiger partial charge >= 0.3 is 0 Å². The molecule has 0 unspecified atom stereocenters. The molecule has 10 heteroatoms. The Morgan fingerprint density at radius 2 is 2.15 bits per heavy atom. The van der Waals surface area contributed by atoms with Gasteiger partial charge in [-0.05, 0) is 12.1 Å². The minimum atomic E-state index is -3.94. The third kappa shape index (κ3) is 2.69. The molecule has 9 nitrogen and oxygen atoms in total. The summed E-state index contributed by atoms with van der Waals surface area (Å²) in [5.74, 6) is 0. The molecule has 0 saturated heterocycles. The van der Waals surface area contributed by atoms with Crippen LogP contribution in [-0.4, -0.2) is 23.1 Å². The number of aryl methyl sites for hydroxylation is 1. The molecule has 1 heterocycles. The smallest absolute Gasteiger partial charge is 0.293 e. The van der Waals surface area contributed by atoms with Crippen molar-refractivity contribution in [2.45, 2.75) is 4.90 Å². The third-order valence-electron chi connectivity index (χ3n) is 2.47. The van der Waals surface area contributed by atoms with Gasteiger partial charge in [-0.3, -0.25) is 19.5 Å². The Morgan fingerprint density at radius 3 is 2.70 bits per heavy atom. The van der Waals surface area contributed by atoms with E-state index in [0.717, 1.165) is 6.07 Å². The standard InChI is InChI=1S/C10H11N5O4S/c1-14-6-7(5-12-14)13-20(18,19)8-2-3-9(11)10(4-8)15(16)17/h2-6,13H,11H2,1H3. The molecule has 2 rings (SSSR count). The van der Waals surface area contributed by atoms with Crippen molar-refractivity contribution >= 4 is 27.1 Å². The van der Waals surface area contributed by atoms with Gasteiger partial charge in [-0.25, -0.2) is 8.42 Å². The third-order valence-corrected chi connectivity index (χ3v) is 3.84. The van der Waals surface area contributed by atoms with E-state index in [1.807, 2.05) is 0 Å². The average molecular weight is 297 g/mol. The monoisotopic (exact) mass is 297 g/mol. The van der Waals surface area contributed by atoms with Crippen molar-refractivity contribution in [3.63, 3.8) is 0 Å². The predicted molar refractivity (Wildman–Crippen MR) is 71.5 cm³/mol. The molecule has 0 radical (unpaired) electrons. The highest BCUT2D eigenvalue weighted by Gasteiger charge is 2.20. The molecule has 0 atom stereocenters. The van der Waals surface area contributed by atoms with E-state index in [1.165, 1.54) is 29.2 Å². The van der Waals surface area contributed by atoms with Gasteiger partial charge < -0.3 is 5.73 Å². The molecule has 1 aromatic carbocycles. The number of benzene rings is 1. The molecule has 0 fully saturated rings. The lowest BCUT2D eigenvalue weighted by molar-refractivity contribution is -0.384. The second-order valence-electron chi connectivity index (χ2n) is 3.99. The fourth-order valence-electron chi connectivity index (χ4n) is 1.54. The molecule has 0 aliphatic heterocycles. The first kappa shape index (κ1) is 13.8. The second-order valence-corrected chi connectivity index (χ2v) is 5.67. The fourth-order valence-corrected chi connectivity index (χ4v) is 2.58. The summed E-state index contributed by atoms with van der Waals surface area (Å²) in [5, 5.41) is 14.6. The SMILES string of the molecule is Cn1cc(NS(=O)(=O)c2ccc(N)c([N+](=O)[O-])c2)cn1. The number of nitrogens with one attached hydrogen (secondary N) is 1. The second kappa shape index (κ2) is 4.81. The number of rotatable bonds is 4. The number of sulfonamides is 1. The number of nitrogens with two attached hydrogens (primary N) is 1. The molecule has 1 aromatic heterocycles. The number of nitro groups is 1. The van der Waals surface area contributed by atoms with Crippen molar-refractivity contribution in [1.29, 1.82) is 0 Å². The van der Waals surface area contributed by atoms with Crippen molar-refractivity contribution in [2.75, 3.05) is 10.5 Å². The Morgan fingerprint density at radius 1 is 1.45 bits per heavy atom. The van der Waals surface area contributed by atoms with Crippen LogP contribution >= 0.6 is 0 Å². The summed E-state index contributed by atoms with van der Waals surface area (Å²) in [6.07, 6.45) is 2.78. The van der Waals surface area contributed by atoms with E-state index in [4.69, 9.17) is 5.73 Å². The Labute approximate surface area is 114 Å². The van der Waals surface area contributed by atoms with Crippen LogP contribution in [0.4, 0.5) is 17.1 Å². The van der Waals surface area contributed by atoms with Crippen molar-refractivity contribution in [1.82, 2.24) is 9.78 Å². The topological polar surface area (TPSA) is 133 Å². The maximum absolute atomic E-state index is 12.1. The molecule has 0 spiro atoms. The van der Waals surface area contributed by atoms with Crippen molar-refractivity contribution in [2.24, 2.45) is 7.05 Å². The van der Waals surface area contributed by atoms with E-state index in [-0.39, 0.29) is 16.3 Å². The van der Waals surface area contributed by atoms with E-state index in [9.17, 15) is 18.5 Å². The summed E-state index contributed by atoms with van der Waals surface area (Å²) in [7, 11) is -2.31. The largest absolute Gasteiger partial charge is 0.393 e. The minimum absolute atomic E-state index is 0.102. The Balaban J connectivity index is 2.39. The molecular weight excluding hydrogens is 286 g/mol. The molecule has 0 aliphatic carbocycles. The van der Waals surface area contributed by atoms with Gasteiger partial charge in [-0.15, -0.1) is 0 Å². The van der Waals surface area contributed by atoms with Crippen molar-refractivity contribution in [3.05, 3.63) is 40.7 Å². The van der Waals surface area contributed by atoms with E-state index >= 15 is 0 Å². The summed E-state index contributed by atoms with van der Waals surface area (Å²) in [6, 6.07) is 3.28. The molecular formula is C10H11N5O4S. The zero-order chi connectivity index (χ0) is 14.9. The highest BCUT2D eigenvalue weighted by Crippen LogP contribution is 2.25. The number of anilines is 2. The van der Waals surface area contributed by atoms with E-state index in [1.54, 1.807) is 7.05 Å². The quantitative estimate of drug-likeness (QED) is 0.485. The maximum atomic E-state index is 12.1. The van der Waals surface area contributed by atoms with Gasteiger partial charge in [-0.2, -0.15) is 5.10 Å². The summed E-state index contributed by atoms with van der Waals surface area (Å²) in [6.45, 7) is 0. The fraction of sp³-hybridized carbons (Fsp3) is 0.100. The number of aromatic nitrogens is 2. The van der Waals surface area contributed by atoms with Crippen LogP contribution in [0.1, 0.15) is 0 Å². The molecule has 0 bridgehead atoms. The van der Waals surface area contributed by atoms with Crippen LogP contribution < -0.4 is 10.5 Å². The lowest BCUT2D eigenvalue weighted by Crippen LogP contribution is -2.13. The van der Waals surface area contributed by atoms with Crippen LogP contribution in [0.5, 0.6) is 0 Å². The molecule has 20 heavy (non-hydrogen) atoms.